The fourth-order valence-electron chi connectivity index (χ4n) is 2.96. The Bertz CT molecular complexity index is 1370. The van der Waals surface area contributed by atoms with E-state index in [9.17, 15) is 10.2 Å². The van der Waals surface area contributed by atoms with Crippen LogP contribution >= 0.6 is 11.3 Å². The van der Waals surface area contributed by atoms with Gasteiger partial charge < -0.3 is 0 Å². The van der Waals surface area contributed by atoms with Gasteiger partial charge in [-0.25, -0.2) is 4.40 Å². The second kappa shape index (κ2) is 4.96. The van der Waals surface area contributed by atoms with E-state index in [1.807, 2.05) is 54.6 Å². The monoisotopic (exact) mass is 345 g/mol. The number of rotatable bonds is 1. The molecule has 0 radical (unpaired) electrons. The van der Waals surface area contributed by atoms with Gasteiger partial charge >= 0.3 is 5.82 Å². The quantitative estimate of drug-likeness (QED) is 0.434. The zero-order valence-corrected chi connectivity index (χ0v) is 13.5. The number of fused-ring (bicyclic) bond motifs is 4. The van der Waals surface area contributed by atoms with Crippen molar-refractivity contribution in [3.8, 4) is 5.69 Å². The third kappa shape index (κ3) is 1.84. The first-order chi connectivity index (χ1) is 12.3. The first-order valence-corrected chi connectivity index (χ1v) is 8.33. The van der Waals surface area contributed by atoms with Crippen LogP contribution in [-0.2, 0) is 0 Å². The summed E-state index contributed by atoms with van der Waals surface area (Å²) in [6.07, 6.45) is 0. The van der Waals surface area contributed by atoms with Gasteiger partial charge in [-0.2, -0.15) is 4.98 Å². The number of aromatic nitrogens is 4. The van der Waals surface area contributed by atoms with E-state index >= 15 is 0 Å². The minimum atomic E-state index is -0.299. The number of para-hydroxylation sites is 2. The van der Waals surface area contributed by atoms with Crippen molar-refractivity contribution in [1.29, 1.82) is 5.39 Å². The molecule has 25 heavy (non-hydrogen) atoms. The standard InChI is InChI=1S/C17H9N6OS/c18-20-15-13-14(21-23(15)10-6-2-1-3-7-10)19-17-22(16(13)24)11-8-4-5-9-12(11)25-17/h1-9H/q+1. The lowest BCUT2D eigenvalue weighted by Crippen LogP contribution is -2.12. The second-order valence-electron chi connectivity index (χ2n) is 5.47. The molecule has 2 aromatic carbocycles. The van der Waals surface area contributed by atoms with E-state index in [4.69, 9.17) is 0 Å². The Kier molecular flexibility index (Phi) is 2.74. The van der Waals surface area contributed by atoms with Gasteiger partial charge in [-0.05, 0) is 24.3 Å². The summed E-state index contributed by atoms with van der Waals surface area (Å²) in [6.45, 7) is 0. The van der Waals surface area contributed by atoms with Crippen molar-refractivity contribution in [1.82, 2.24) is 19.2 Å². The Balaban J connectivity index is 1.97. The van der Waals surface area contributed by atoms with E-state index in [1.54, 1.807) is 0 Å². The molecule has 0 aliphatic rings. The zero-order chi connectivity index (χ0) is 17.0. The van der Waals surface area contributed by atoms with Gasteiger partial charge in [-0.15, -0.1) is 0 Å². The summed E-state index contributed by atoms with van der Waals surface area (Å²) >= 11 is 1.42. The second-order valence-corrected chi connectivity index (χ2v) is 6.48. The van der Waals surface area contributed by atoms with Gasteiger partial charge in [-0.1, -0.05) is 51.4 Å². The summed E-state index contributed by atoms with van der Waals surface area (Å²) in [5, 5.41) is 14.1. The maximum atomic E-state index is 13.1. The lowest BCUT2D eigenvalue weighted by atomic mass is 10.3. The molecule has 0 saturated carbocycles. The SMILES string of the molecule is N#[N+]c1c2c(=O)n3c(nc2nn1-c1ccccc1)sc1ccccc13. The molecule has 3 aromatic heterocycles. The lowest BCUT2D eigenvalue weighted by Gasteiger charge is -1.92. The van der Waals surface area contributed by atoms with Crippen LogP contribution in [0.4, 0.5) is 5.82 Å². The Labute approximate surface area is 144 Å². The van der Waals surface area contributed by atoms with E-state index in [1.165, 1.54) is 20.4 Å². The molecule has 0 N–H and O–H groups in total. The molecule has 8 heteroatoms. The van der Waals surface area contributed by atoms with Crippen LogP contribution in [0.2, 0.25) is 0 Å². The van der Waals surface area contributed by atoms with E-state index < -0.39 is 0 Å². The summed E-state index contributed by atoms with van der Waals surface area (Å²) in [7, 11) is 0. The molecule has 0 fully saturated rings. The Morgan fingerprint density at radius 3 is 2.60 bits per heavy atom. The number of hydrogen-bond acceptors (Lipinski definition) is 5. The van der Waals surface area contributed by atoms with Crippen LogP contribution < -0.4 is 5.56 Å². The molecule has 0 atom stereocenters. The van der Waals surface area contributed by atoms with Gasteiger partial charge in [0.2, 0.25) is 11.0 Å². The Morgan fingerprint density at radius 2 is 1.80 bits per heavy atom. The number of nitrogens with zero attached hydrogens (tertiary/aromatic N) is 6. The predicted octanol–water partition coefficient (Wildman–Crippen LogP) is 3.73. The summed E-state index contributed by atoms with van der Waals surface area (Å²) in [5.41, 5.74) is 1.42. The highest BCUT2D eigenvalue weighted by Gasteiger charge is 2.29. The Hall–Kier alpha value is -3.57. The van der Waals surface area contributed by atoms with Crippen LogP contribution in [0, 0.1) is 5.39 Å². The van der Waals surface area contributed by atoms with Gasteiger partial charge in [0.1, 0.15) is 0 Å². The predicted molar refractivity (Wildman–Crippen MR) is 96.2 cm³/mol. The van der Waals surface area contributed by atoms with Crippen LogP contribution in [0.15, 0.2) is 59.4 Å². The summed E-state index contributed by atoms with van der Waals surface area (Å²) in [4.78, 5) is 21.5. The fraction of sp³-hybridized carbons (Fsp3) is 0. The minimum Gasteiger partial charge on any atom is -0.268 e. The normalized spacial score (nSPS) is 11.3. The summed E-state index contributed by atoms with van der Waals surface area (Å²) < 4.78 is 3.91. The molecule has 5 rings (SSSR count). The third-order valence-electron chi connectivity index (χ3n) is 4.06. The smallest absolute Gasteiger partial charge is 0.268 e. The molecule has 118 valence electrons. The molecule has 0 amide bonds. The molecule has 7 nitrogen and oxygen atoms in total. The lowest BCUT2D eigenvalue weighted by molar-refractivity contribution is 0.903. The average Bonchev–Trinajstić information content (AvgIpc) is 3.20. The van der Waals surface area contributed by atoms with Crippen LogP contribution in [0.25, 0.3) is 36.9 Å². The largest absolute Gasteiger partial charge is 0.466 e. The van der Waals surface area contributed by atoms with E-state index in [0.29, 0.717) is 10.6 Å². The van der Waals surface area contributed by atoms with E-state index in [-0.39, 0.29) is 22.4 Å². The summed E-state index contributed by atoms with van der Waals surface area (Å²) in [6, 6.07) is 16.8. The van der Waals surface area contributed by atoms with Crippen molar-refractivity contribution in [2.75, 3.05) is 0 Å². The minimum absolute atomic E-state index is 0.0726. The molecular formula is C17H9N6OS+. The summed E-state index contributed by atoms with van der Waals surface area (Å²) in [5.74, 6) is 0.0726. The van der Waals surface area contributed by atoms with Crippen molar-refractivity contribution in [2.24, 2.45) is 0 Å². The highest BCUT2D eigenvalue weighted by Crippen LogP contribution is 2.29. The molecule has 3 heterocycles. The number of benzene rings is 2. The van der Waals surface area contributed by atoms with Crippen molar-refractivity contribution >= 4 is 43.4 Å². The van der Waals surface area contributed by atoms with Crippen molar-refractivity contribution in [3.63, 3.8) is 0 Å². The van der Waals surface area contributed by atoms with Crippen LogP contribution in [0.1, 0.15) is 0 Å². The van der Waals surface area contributed by atoms with Crippen LogP contribution in [0.5, 0.6) is 0 Å². The molecule has 0 spiro atoms. The van der Waals surface area contributed by atoms with Gasteiger partial charge in [0.25, 0.3) is 5.56 Å². The highest BCUT2D eigenvalue weighted by molar-refractivity contribution is 7.23. The average molecular weight is 345 g/mol. The first kappa shape index (κ1) is 13.8. The van der Waals surface area contributed by atoms with Crippen LogP contribution in [0.3, 0.4) is 0 Å². The fourth-order valence-corrected chi connectivity index (χ4v) is 3.97. The number of diazo groups is 1. The number of thiazole rings is 1. The topological polar surface area (TPSA) is 80.3 Å². The molecule has 0 bridgehead atoms. The van der Waals surface area contributed by atoms with Crippen molar-refractivity contribution in [3.05, 3.63) is 69.9 Å². The third-order valence-corrected chi connectivity index (χ3v) is 5.08. The molecule has 0 aliphatic carbocycles. The molecule has 0 saturated heterocycles. The van der Waals surface area contributed by atoms with E-state index in [2.05, 4.69) is 15.1 Å². The van der Waals surface area contributed by atoms with Gasteiger partial charge in [0.05, 0.1) is 15.6 Å². The van der Waals surface area contributed by atoms with Gasteiger partial charge in [0.15, 0.2) is 10.6 Å². The zero-order valence-electron chi connectivity index (χ0n) is 12.7. The molecular weight excluding hydrogens is 336 g/mol. The highest BCUT2D eigenvalue weighted by atomic mass is 32.1. The van der Waals surface area contributed by atoms with Crippen LogP contribution in [-0.4, -0.2) is 19.2 Å². The Morgan fingerprint density at radius 1 is 1.04 bits per heavy atom. The molecule has 5 aromatic rings. The first-order valence-electron chi connectivity index (χ1n) is 7.51. The van der Waals surface area contributed by atoms with Crippen molar-refractivity contribution in [2.45, 2.75) is 0 Å². The van der Waals surface area contributed by atoms with E-state index in [0.717, 1.165) is 10.2 Å². The maximum absolute atomic E-state index is 13.1. The maximum Gasteiger partial charge on any atom is 0.466 e. The molecule has 0 unspecified atom stereocenters. The van der Waals surface area contributed by atoms with Gasteiger partial charge in [-0.3, -0.25) is 4.79 Å². The number of hydrogen-bond donors (Lipinski definition) is 0. The van der Waals surface area contributed by atoms with Crippen molar-refractivity contribution < 1.29 is 0 Å². The molecule has 0 aliphatic heterocycles. The van der Waals surface area contributed by atoms with Gasteiger partial charge in [0, 0.05) is 4.98 Å².